The van der Waals surface area contributed by atoms with Crippen LogP contribution in [-0.4, -0.2) is 11.1 Å². The zero-order valence-electron chi connectivity index (χ0n) is 6.34. The number of aromatic carboxylic acids is 1. The van der Waals surface area contributed by atoms with Gasteiger partial charge in [0.15, 0.2) is 0 Å². The van der Waals surface area contributed by atoms with Crippen molar-refractivity contribution in [3.8, 4) is 12.3 Å². The predicted molar refractivity (Wildman–Crippen MR) is 41.3 cm³/mol. The second kappa shape index (κ2) is 3.23. The van der Waals surface area contributed by atoms with Crippen LogP contribution in [0.15, 0.2) is 12.1 Å². The van der Waals surface area contributed by atoms with Crippen molar-refractivity contribution in [2.45, 2.75) is 0 Å². The summed E-state index contributed by atoms with van der Waals surface area (Å²) in [6, 6.07) is 1.24. The number of benzene rings is 1. The maximum Gasteiger partial charge on any atom is 0.338 e. The van der Waals surface area contributed by atoms with Crippen LogP contribution in [-0.2, 0) is 0 Å². The summed E-state index contributed by atoms with van der Waals surface area (Å²) in [7, 11) is 0. The Labute approximate surface area is 72.8 Å². The molecule has 1 aromatic rings. The third-order valence-electron chi connectivity index (χ3n) is 1.44. The number of rotatable bonds is 1. The smallest absolute Gasteiger partial charge is 0.338 e. The normalized spacial score (nSPS) is 9.31. The zero-order chi connectivity index (χ0) is 10.0. The van der Waals surface area contributed by atoms with Crippen molar-refractivity contribution in [3.63, 3.8) is 0 Å². The second-order valence-electron chi connectivity index (χ2n) is 2.26. The highest BCUT2D eigenvalue weighted by atomic mass is 19.1. The average molecular weight is 182 g/mol. The summed E-state index contributed by atoms with van der Waals surface area (Å²) >= 11 is 0. The van der Waals surface area contributed by atoms with Crippen molar-refractivity contribution in [2.75, 3.05) is 0 Å². The minimum absolute atomic E-state index is 0.265. The first-order valence-corrected chi connectivity index (χ1v) is 3.25. The third-order valence-corrected chi connectivity index (χ3v) is 1.44. The molecule has 4 heteroatoms. The standard InChI is InChI=1S/C9H4F2O2/c1-2-5-3-6(9(12)13)8(11)4-7(5)10/h1,3-4H,(H,12,13). The fourth-order valence-corrected chi connectivity index (χ4v) is 0.823. The molecule has 0 bridgehead atoms. The summed E-state index contributed by atoms with van der Waals surface area (Å²) in [5, 5.41) is 8.45. The van der Waals surface area contributed by atoms with Gasteiger partial charge in [0.25, 0.3) is 0 Å². The fraction of sp³-hybridized carbons (Fsp3) is 0. The summed E-state index contributed by atoms with van der Waals surface area (Å²) in [6.07, 6.45) is 4.86. The molecule has 0 unspecified atom stereocenters. The van der Waals surface area contributed by atoms with E-state index in [2.05, 4.69) is 0 Å². The zero-order valence-corrected chi connectivity index (χ0v) is 6.34. The van der Waals surface area contributed by atoms with Crippen molar-refractivity contribution >= 4 is 5.97 Å². The van der Waals surface area contributed by atoms with Gasteiger partial charge in [-0.05, 0) is 6.07 Å². The highest BCUT2D eigenvalue weighted by molar-refractivity contribution is 5.88. The Bertz CT molecular complexity index is 405. The molecular weight excluding hydrogens is 178 g/mol. The van der Waals surface area contributed by atoms with Gasteiger partial charge in [-0.3, -0.25) is 0 Å². The topological polar surface area (TPSA) is 37.3 Å². The SMILES string of the molecule is C#Cc1cc(C(=O)O)c(F)cc1F. The Hall–Kier alpha value is -1.89. The summed E-state index contributed by atoms with van der Waals surface area (Å²) in [4.78, 5) is 10.4. The summed E-state index contributed by atoms with van der Waals surface area (Å²) in [5.74, 6) is -1.64. The Balaban J connectivity index is 3.41. The van der Waals surface area contributed by atoms with Crippen molar-refractivity contribution in [3.05, 3.63) is 34.9 Å². The van der Waals surface area contributed by atoms with Crippen LogP contribution < -0.4 is 0 Å². The number of halogens is 2. The second-order valence-corrected chi connectivity index (χ2v) is 2.26. The van der Waals surface area contributed by atoms with Crippen LogP contribution in [0.3, 0.4) is 0 Å². The number of carboxylic acid groups (broad SMARTS) is 1. The lowest BCUT2D eigenvalue weighted by Crippen LogP contribution is -2.02. The van der Waals surface area contributed by atoms with E-state index >= 15 is 0 Å². The van der Waals surface area contributed by atoms with E-state index in [-0.39, 0.29) is 5.56 Å². The van der Waals surface area contributed by atoms with Crippen LogP contribution in [0, 0.1) is 24.0 Å². The molecule has 0 fully saturated rings. The van der Waals surface area contributed by atoms with Crippen LogP contribution in [0.25, 0.3) is 0 Å². The minimum atomic E-state index is -1.48. The fourth-order valence-electron chi connectivity index (χ4n) is 0.823. The molecule has 66 valence electrons. The Morgan fingerprint density at radius 3 is 2.46 bits per heavy atom. The maximum absolute atomic E-state index is 12.7. The molecule has 2 nitrogen and oxygen atoms in total. The number of hydrogen-bond acceptors (Lipinski definition) is 1. The molecule has 0 aliphatic rings. The Kier molecular flexibility index (Phi) is 2.29. The Morgan fingerprint density at radius 2 is 2.00 bits per heavy atom. The lowest BCUT2D eigenvalue weighted by atomic mass is 10.1. The first-order chi connectivity index (χ1) is 6.06. The lowest BCUT2D eigenvalue weighted by molar-refractivity contribution is 0.0691. The van der Waals surface area contributed by atoms with E-state index < -0.39 is 23.2 Å². The van der Waals surface area contributed by atoms with E-state index in [4.69, 9.17) is 11.5 Å². The number of carboxylic acids is 1. The summed E-state index contributed by atoms with van der Waals surface area (Å²) < 4.78 is 25.4. The molecule has 0 atom stereocenters. The van der Waals surface area contributed by atoms with Gasteiger partial charge in [0.1, 0.15) is 11.6 Å². The molecule has 0 aliphatic heterocycles. The van der Waals surface area contributed by atoms with E-state index in [1.807, 2.05) is 5.92 Å². The highest BCUT2D eigenvalue weighted by Gasteiger charge is 2.13. The summed E-state index contributed by atoms with van der Waals surface area (Å²) in [6.45, 7) is 0. The highest BCUT2D eigenvalue weighted by Crippen LogP contribution is 2.13. The van der Waals surface area contributed by atoms with Gasteiger partial charge in [0, 0.05) is 6.07 Å². The van der Waals surface area contributed by atoms with Crippen LogP contribution in [0.5, 0.6) is 0 Å². The first kappa shape index (κ1) is 9.20. The monoisotopic (exact) mass is 182 g/mol. The largest absolute Gasteiger partial charge is 0.478 e. The molecule has 0 saturated carbocycles. The molecule has 1 N–H and O–H groups in total. The molecule has 1 rings (SSSR count). The van der Waals surface area contributed by atoms with Gasteiger partial charge in [-0.2, -0.15) is 0 Å². The van der Waals surface area contributed by atoms with Gasteiger partial charge in [0.2, 0.25) is 0 Å². The van der Waals surface area contributed by atoms with Crippen molar-refractivity contribution in [1.82, 2.24) is 0 Å². The van der Waals surface area contributed by atoms with E-state index in [0.717, 1.165) is 6.07 Å². The van der Waals surface area contributed by atoms with Gasteiger partial charge in [-0.1, -0.05) is 5.92 Å². The van der Waals surface area contributed by atoms with E-state index in [1.54, 1.807) is 0 Å². The Morgan fingerprint density at radius 1 is 1.38 bits per heavy atom. The molecule has 0 saturated heterocycles. The van der Waals surface area contributed by atoms with Gasteiger partial charge in [-0.15, -0.1) is 6.42 Å². The quantitative estimate of drug-likeness (QED) is 0.670. The predicted octanol–water partition coefficient (Wildman–Crippen LogP) is 1.64. The van der Waals surface area contributed by atoms with Gasteiger partial charge in [-0.25, -0.2) is 13.6 Å². The molecule has 0 spiro atoms. The molecule has 0 heterocycles. The third kappa shape index (κ3) is 1.64. The van der Waals surface area contributed by atoms with Crippen LogP contribution in [0.2, 0.25) is 0 Å². The summed E-state index contributed by atoms with van der Waals surface area (Å²) in [5.41, 5.74) is -0.895. The molecular formula is C9H4F2O2. The number of carbonyl (C=O) groups is 1. The van der Waals surface area contributed by atoms with Crippen LogP contribution >= 0.6 is 0 Å². The van der Waals surface area contributed by atoms with E-state index in [9.17, 15) is 13.6 Å². The molecule has 1 aromatic carbocycles. The molecule has 0 aliphatic carbocycles. The molecule has 13 heavy (non-hydrogen) atoms. The lowest BCUT2D eigenvalue weighted by Gasteiger charge is -1.99. The van der Waals surface area contributed by atoms with Crippen molar-refractivity contribution in [1.29, 1.82) is 0 Å². The van der Waals surface area contributed by atoms with Crippen LogP contribution in [0.4, 0.5) is 8.78 Å². The van der Waals surface area contributed by atoms with Crippen molar-refractivity contribution in [2.24, 2.45) is 0 Å². The number of terminal acetylenes is 1. The maximum atomic E-state index is 12.7. The van der Waals surface area contributed by atoms with Gasteiger partial charge in [0.05, 0.1) is 11.1 Å². The number of hydrogen-bond donors (Lipinski definition) is 1. The van der Waals surface area contributed by atoms with Crippen LogP contribution in [0.1, 0.15) is 15.9 Å². The van der Waals surface area contributed by atoms with E-state index in [1.165, 1.54) is 0 Å². The minimum Gasteiger partial charge on any atom is -0.478 e. The van der Waals surface area contributed by atoms with Gasteiger partial charge >= 0.3 is 5.97 Å². The van der Waals surface area contributed by atoms with Crippen molar-refractivity contribution < 1.29 is 18.7 Å². The van der Waals surface area contributed by atoms with Gasteiger partial charge < -0.3 is 5.11 Å². The van der Waals surface area contributed by atoms with E-state index in [0.29, 0.717) is 6.07 Å². The molecule has 0 amide bonds. The molecule has 0 aromatic heterocycles. The molecule has 0 radical (unpaired) electrons. The first-order valence-electron chi connectivity index (χ1n) is 3.25. The average Bonchev–Trinajstić information content (AvgIpc) is 2.03.